The Morgan fingerprint density at radius 2 is 1.57 bits per heavy atom. The van der Waals surface area contributed by atoms with Crippen LogP contribution >= 0.6 is 23.2 Å². The number of aliphatic hydroxyl groups is 5. The number of benzene rings is 1. The minimum absolute atomic E-state index is 0.0387. The molecule has 0 aromatic heterocycles. The molecule has 2 fully saturated rings. The van der Waals surface area contributed by atoms with E-state index in [1.54, 1.807) is 53.7 Å². The van der Waals surface area contributed by atoms with Gasteiger partial charge in [-0.15, -0.1) is 0 Å². The van der Waals surface area contributed by atoms with Crippen LogP contribution in [0.4, 0.5) is 0 Å². The lowest BCUT2D eigenvalue weighted by atomic mass is 9.88. The fourth-order valence-electron chi connectivity index (χ4n) is 8.52. The summed E-state index contributed by atoms with van der Waals surface area (Å²) in [6.07, 6.45) is -5.45. The van der Waals surface area contributed by atoms with Gasteiger partial charge in [0.1, 0.15) is 41.1 Å². The number of phenols is 2. The van der Waals surface area contributed by atoms with Crippen LogP contribution < -0.4 is 0 Å². The molecule has 72 heavy (non-hydrogen) atoms. The van der Waals surface area contributed by atoms with E-state index in [2.05, 4.69) is 0 Å². The summed E-state index contributed by atoms with van der Waals surface area (Å²) >= 11 is 12.3. The number of rotatable bonds is 13. The number of esters is 3. The van der Waals surface area contributed by atoms with E-state index >= 15 is 0 Å². The molecule has 3 aliphatic rings. The second-order valence-corrected chi connectivity index (χ2v) is 20.1. The molecule has 0 saturated carbocycles. The van der Waals surface area contributed by atoms with Crippen molar-refractivity contribution in [1.82, 2.24) is 0 Å². The molecule has 14 atom stereocenters. The molecule has 18 nitrogen and oxygen atoms in total. The highest BCUT2D eigenvalue weighted by Crippen LogP contribution is 2.45. The number of hydrogen-bond donors (Lipinski definition) is 7. The number of methoxy groups -OCH3 is 1. The Hall–Kier alpha value is -3.89. The van der Waals surface area contributed by atoms with Crippen LogP contribution in [-0.4, -0.2) is 153 Å². The standard InChI is InChI=1S/C52H74Cl2O18/c1-13-30-22-26(6)33(56)18-16-15-17-31(23-66-50-44(65-12)40(59)43(29(9)67-50)69-49(64)35-32(14-2)36(53)39(58)37(54)38(35)57)48(63)68-34(28(8)55)20-19-25(5)21-27(7)42(30)71-51-45(70-47(62)24(3)4)41(60)46(61)52(10,11)72-51/h15-17,19,21-22,24,28-30,33-34,40-46,50-51,55-61H,13-14,18,20,23H2,1-12H3. The highest BCUT2D eigenvalue weighted by atomic mass is 35.5. The fourth-order valence-corrected chi connectivity index (χ4v) is 9.08. The zero-order chi connectivity index (χ0) is 54.1. The van der Waals surface area contributed by atoms with Crippen LogP contribution in [0.25, 0.3) is 0 Å². The normalized spacial score (nSPS) is 31.5. The van der Waals surface area contributed by atoms with Gasteiger partial charge in [-0.25, -0.2) is 9.59 Å². The molecule has 14 unspecified atom stereocenters. The third-order valence-corrected chi connectivity index (χ3v) is 13.8. The quantitative estimate of drug-likeness (QED) is 0.0655. The summed E-state index contributed by atoms with van der Waals surface area (Å²) in [6.45, 7) is 18.0. The maximum atomic E-state index is 14.0. The monoisotopic (exact) mass is 1060 g/mol. The van der Waals surface area contributed by atoms with Gasteiger partial charge in [-0.1, -0.05) is 86.9 Å². The minimum atomic E-state index is -1.57. The molecule has 1 aromatic rings. The van der Waals surface area contributed by atoms with Crippen molar-refractivity contribution in [2.24, 2.45) is 11.8 Å². The zero-order valence-electron chi connectivity index (χ0n) is 43.0. The van der Waals surface area contributed by atoms with Gasteiger partial charge in [-0.05, 0) is 90.5 Å². The largest absolute Gasteiger partial charge is 0.505 e. The molecule has 20 heteroatoms. The number of carbonyl (C=O) groups is 3. The van der Waals surface area contributed by atoms with Gasteiger partial charge in [0.2, 0.25) is 0 Å². The zero-order valence-corrected chi connectivity index (χ0v) is 44.5. The first-order valence-electron chi connectivity index (χ1n) is 24.2. The van der Waals surface area contributed by atoms with E-state index < -0.39 is 144 Å². The summed E-state index contributed by atoms with van der Waals surface area (Å²) in [6, 6.07) is 0. The van der Waals surface area contributed by atoms with Crippen LogP contribution in [-0.2, 0) is 53.9 Å². The third-order valence-electron chi connectivity index (χ3n) is 13.0. The molecule has 7 N–H and O–H groups in total. The number of ether oxygens (including phenoxy) is 8. The van der Waals surface area contributed by atoms with Gasteiger partial charge in [-0.2, -0.15) is 0 Å². The Bertz CT molecular complexity index is 2220. The molecule has 0 spiro atoms. The molecular formula is C52H74Cl2O18. The van der Waals surface area contributed by atoms with E-state index in [0.717, 1.165) is 0 Å². The summed E-state index contributed by atoms with van der Waals surface area (Å²) in [5.74, 6) is -4.92. The van der Waals surface area contributed by atoms with Crippen molar-refractivity contribution < 1.29 is 88.0 Å². The maximum Gasteiger partial charge on any atom is 0.342 e. The number of halogens is 2. The predicted octanol–water partition coefficient (Wildman–Crippen LogP) is 6.23. The second kappa shape index (κ2) is 26.5. The first kappa shape index (κ1) is 60.7. The minimum Gasteiger partial charge on any atom is -0.505 e. The number of phenolic OH excluding ortho intramolecular Hbond substituents is 2. The van der Waals surface area contributed by atoms with Crippen molar-refractivity contribution >= 4 is 41.1 Å². The van der Waals surface area contributed by atoms with Crippen molar-refractivity contribution in [2.45, 2.75) is 187 Å². The van der Waals surface area contributed by atoms with Gasteiger partial charge in [-0.3, -0.25) is 4.79 Å². The van der Waals surface area contributed by atoms with Crippen LogP contribution in [0.3, 0.4) is 0 Å². The fraction of sp³-hybridized carbons (Fsp3) is 0.635. The van der Waals surface area contributed by atoms with E-state index in [1.807, 2.05) is 32.9 Å². The van der Waals surface area contributed by atoms with Crippen LogP contribution in [0.2, 0.25) is 10.0 Å². The first-order valence-corrected chi connectivity index (χ1v) is 24.9. The van der Waals surface area contributed by atoms with E-state index in [4.69, 9.17) is 61.1 Å². The Labute approximate surface area is 431 Å². The SMILES string of the molecule is CCc1c(Cl)c(O)c(Cl)c(O)c1C(=O)OC1C(C)OC(OCC2=CC=CCC(O)C(C)=CC(CC)C(OC3OC(C)(C)C(O)C(O)C3OC(=O)C(C)C)C(C)=CC(C)=CCC(C(C)O)OC2=O)C(OC)C1O. The number of aliphatic hydroxyl groups excluding tert-OH is 5. The van der Waals surface area contributed by atoms with E-state index in [-0.39, 0.29) is 35.4 Å². The smallest absolute Gasteiger partial charge is 0.342 e. The summed E-state index contributed by atoms with van der Waals surface area (Å²) in [7, 11) is 1.26. The molecule has 0 bridgehead atoms. The third kappa shape index (κ3) is 14.7. The Balaban J connectivity index is 1.64. The lowest BCUT2D eigenvalue weighted by Crippen LogP contribution is -2.64. The molecule has 3 aliphatic heterocycles. The van der Waals surface area contributed by atoms with Gasteiger partial charge in [0, 0.05) is 19.4 Å². The van der Waals surface area contributed by atoms with Crippen LogP contribution in [0.15, 0.2) is 58.7 Å². The number of cyclic esters (lactones) is 1. The summed E-state index contributed by atoms with van der Waals surface area (Å²) in [5.41, 5.74) is 0.279. The van der Waals surface area contributed by atoms with E-state index in [9.17, 15) is 50.1 Å². The van der Waals surface area contributed by atoms with Gasteiger partial charge in [0.15, 0.2) is 36.3 Å². The van der Waals surface area contributed by atoms with Gasteiger partial charge >= 0.3 is 17.9 Å². The molecule has 4 rings (SSSR count). The van der Waals surface area contributed by atoms with Crippen molar-refractivity contribution in [3.8, 4) is 11.5 Å². The molecule has 2 saturated heterocycles. The summed E-state index contributed by atoms with van der Waals surface area (Å²) in [5, 5.41) is 76.1. The van der Waals surface area contributed by atoms with Crippen molar-refractivity contribution in [2.75, 3.05) is 13.7 Å². The Kier molecular flexibility index (Phi) is 22.4. The van der Waals surface area contributed by atoms with Crippen molar-refractivity contribution in [3.05, 3.63) is 79.9 Å². The Morgan fingerprint density at radius 3 is 2.17 bits per heavy atom. The average molecular weight is 1060 g/mol. The number of carbonyl (C=O) groups excluding carboxylic acids is 3. The second-order valence-electron chi connectivity index (χ2n) is 19.4. The van der Waals surface area contributed by atoms with Crippen molar-refractivity contribution in [1.29, 1.82) is 0 Å². The first-order chi connectivity index (χ1) is 33.7. The number of allylic oxidation sites excluding steroid dienone is 4. The van der Waals surface area contributed by atoms with Gasteiger partial charge in [0.05, 0.1) is 53.1 Å². The highest BCUT2D eigenvalue weighted by molar-refractivity contribution is 6.39. The molecule has 404 valence electrons. The van der Waals surface area contributed by atoms with Crippen molar-refractivity contribution in [3.63, 3.8) is 0 Å². The van der Waals surface area contributed by atoms with E-state index in [1.165, 1.54) is 33.1 Å². The maximum absolute atomic E-state index is 14.0. The van der Waals surface area contributed by atoms with Crippen LogP contribution in [0.5, 0.6) is 11.5 Å². The molecule has 1 aromatic carbocycles. The van der Waals surface area contributed by atoms with Gasteiger partial charge < -0.3 is 73.6 Å². The van der Waals surface area contributed by atoms with Crippen LogP contribution in [0.1, 0.15) is 111 Å². The molecule has 3 heterocycles. The Morgan fingerprint density at radius 1 is 0.903 bits per heavy atom. The predicted molar refractivity (Wildman–Crippen MR) is 265 cm³/mol. The molecule has 0 aliphatic carbocycles. The van der Waals surface area contributed by atoms with Crippen LogP contribution in [0, 0.1) is 11.8 Å². The van der Waals surface area contributed by atoms with E-state index in [0.29, 0.717) is 23.1 Å². The average Bonchev–Trinajstić information content (AvgIpc) is 3.32. The lowest BCUT2D eigenvalue weighted by Gasteiger charge is -2.47. The number of aromatic hydroxyl groups is 2. The lowest BCUT2D eigenvalue weighted by molar-refractivity contribution is -0.333. The highest BCUT2D eigenvalue weighted by Gasteiger charge is 2.53. The topological polar surface area (TPSA) is 267 Å². The van der Waals surface area contributed by atoms with Gasteiger partial charge in [0.25, 0.3) is 0 Å². The molecule has 0 amide bonds. The number of hydrogen-bond acceptors (Lipinski definition) is 18. The molecule has 0 radical (unpaired) electrons. The summed E-state index contributed by atoms with van der Waals surface area (Å²) < 4.78 is 47.8. The summed E-state index contributed by atoms with van der Waals surface area (Å²) in [4.78, 5) is 40.3. The molecular weight excluding hydrogens is 983 g/mol.